The summed E-state index contributed by atoms with van der Waals surface area (Å²) in [5.74, 6) is 3.30. The molecule has 1 N–H and O–H groups in total. The maximum Gasteiger partial charge on any atom is 0.200 e. The summed E-state index contributed by atoms with van der Waals surface area (Å²) in [7, 11) is 2.92. The van der Waals surface area contributed by atoms with E-state index in [1.54, 1.807) is 30.3 Å². The molecule has 0 aliphatic heterocycles. The Labute approximate surface area is 294 Å². The normalized spacial score (nSPS) is 10.2. The van der Waals surface area contributed by atoms with E-state index in [2.05, 4.69) is 11.1 Å². The minimum Gasteiger partial charge on any atom is -0.507 e. The van der Waals surface area contributed by atoms with Crippen LogP contribution in [0.2, 0.25) is 0 Å². The number of carbonyl (C=O) groups is 1. The summed E-state index contributed by atoms with van der Waals surface area (Å²) in [6.07, 6.45) is 2.52. The molecule has 9 nitrogen and oxygen atoms in total. The highest BCUT2D eigenvalue weighted by Crippen LogP contribution is 2.36. The predicted octanol–water partition coefficient (Wildman–Crippen LogP) is 8.48. The van der Waals surface area contributed by atoms with Crippen molar-refractivity contribution in [3.8, 4) is 40.2 Å². The van der Waals surface area contributed by atoms with E-state index in [-0.39, 0.29) is 35.3 Å². The number of hydrogen-bond acceptors (Lipinski definition) is 9. The van der Waals surface area contributed by atoms with Crippen molar-refractivity contribution in [2.45, 2.75) is 34.1 Å². The first-order chi connectivity index (χ1) is 23.4. The molecule has 0 atom stereocenters. The lowest BCUT2D eigenvalue weighted by molar-refractivity contribution is 0.103. The fraction of sp³-hybridized carbons (Fsp3) is 0.282. The first kappa shape index (κ1) is 38.3. The van der Waals surface area contributed by atoms with Gasteiger partial charge in [0.1, 0.15) is 22.8 Å². The van der Waals surface area contributed by atoms with E-state index in [0.29, 0.717) is 44.2 Å². The summed E-state index contributed by atoms with van der Waals surface area (Å²) in [6.45, 7) is 10.3. The topological polar surface area (TPSA) is 106 Å². The van der Waals surface area contributed by atoms with Crippen LogP contribution in [0.25, 0.3) is 10.8 Å². The molecule has 0 saturated carbocycles. The Bertz CT molecular complexity index is 1810. The van der Waals surface area contributed by atoms with Gasteiger partial charge in [0.2, 0.25) is 5.78 Å². The summed E-state index contributed by atoms with van der Waals surface area (Å²) < 4.78 is 33.2. The molecule has 0 saturated heterocycles. The molecular formula is C39H44ClNO8. The summed E-state index contributed by atoms with van der Waals surface area (Å²) in [5, 5.41) is 12.1. The van der Waals surface area contributed by atoms with Crippen LogP contribution in [0.4, 0.5) is 0 Å². The van der Waals surface area contributed by atoms with Gasteiger partial charge in [-0.2, -0.15) is 0 Å². The molecular weight excluding hydrogens is 646 g/mol. The van der Waals surface area contributed by atoms with Gasteiger partial charge in [-0.3, -0.25) is 9.78 Å². The molecule has 0 unspecified atom stereocenters. The molecule has 0 aliphatic carbocycles. The van der Waals surface area contributed by atoms with Crippen LogP contribution < -0.4 is 28.4 Å². The van der Waals surface area contributed by atoms with E-state index in [1.165, 1.54) is 20.3 Å². The number of ether oxygens (including phenoxy) is 6. The molecule has 5 aromatic rings. The monoisotopic (exact) mass is 689 g/mol. The number of nitrogens with zero attached hydrogens (tertiary/aromatic N) is 1. The minimum absolute atomic E-state index is 0. The van der Waals surface area contributed by atoms with Gasteiger partial charge < -0.3 is 33.5 Å². The van der Waals surface area contributed by atoms with Gasteiger partial charge >= 0.3 is 0 Å². The maximum absolute atomic E-state index is 12.4. The molecule has 49 heavy (non-hydrogen) atoms. The number of ketones is 1. The van der Waals surface area contributed by atoms with Crippen molar-refractivity contribution in [3.63, 3.8) is 0 Å². The smallest absolute Gasteiger partial charge is 0.200 e. The zero-order valence-electron chi connectivity index (χ0n) is 28.8. The number of hydrogen-bond donors (Lipinski definition) is 1. The summed E-state index contributed by atoms with van der Waals surface area (Å²) in [5.41, 5.74) is 2.72. The molecule has 260 valence electrons. The zero-order valence-corrected chi connectivity index (χ0v) is 29.6. The van der Waals surface area contributed by atoms with Gasteiger partial charge in [0.05, 0.1) is 46.3 Å². The highest BCUT2D eigenvalue weighted by atomic mass is 35.5. The number of benzene rings is 4. The molecule has 0 bridgehead atoms. The average molecular weight is 690 g/mol. The number of methoxy groups -OCH3 is 2. The zero-order chi connectivity index (χ0) is 34.5. The van der Waals surface area contributed by atoms with Crippen molar-refractivity contribution in [1.82, 2.24) is 4.98 Å². The van der Waals surface area contributed by atoms with Gasteiger partial charge in [0, 0.05) is 35.7 Å². The van der Waals surface area contributed by atoms with Crippen LogP contribution in [0.5, 0.6) is 40.2 Å². The molecule has 1 aromatic heterocycles. The third-order valence-corrected chi connectivity index (χ3v) is 7.26. The second-order valence-corrected chi connectivity index (χ2v) is 10.4. The van der Waals surface area contributed by atoms with Crippen molar-refractivity contribution in [3.05, 3.63) is 107 Å². The van der Waals surface area contributed by atoms with E-state index >= 15 is 0 Å². The van der Waals surface area contributed by atoms with E-state index < -0.39 is 0 Å². The largest absolute Gasteiger partial charge is 0.507 e. The quantitative estimate of drug-likeness (QED) is 0.115. The number of phenols is 1. The van der Waals surface area contributed by atoms with Crippen molar-refractivity contribution >= 4 is 29.0 Å². The van der Waals surface area contributed by atoms with Crippen LogP contribution in [-0.4, -0.2) is 56.5 Å². The number of aromatic hydroxyl groups is 1. The Balaban J connectivity index is 0.000000283. The molecule has 0 aliphatic rings. The van der Waals surface area contributed by atoms with Crippen LogP contribution in [0.15, 0.2) is 85.1 Å². The minimum atomic E-state index is -0.294. The van der Waals surface area contributed by atoms with Crippen molar-refractivity contribution in [2.75, 3.05) is 40.6 Å². The lowest BCUT2D eigenvalue weighted by Crippen LogP contribution is -2.04. The first-order valence-corrected chi connectivity index (χ1v) is 16.0. The number of rotatable bonds is 14. The first-order valence-electron chi connectivity index (χ1n) is 16.0. The highest BCUT2D eigenvalue weighted by molar-refractivity contribution is 6.12. The van der Waals surface area contributed by atoms with E-state index in [0.717, 1.165) is 45.0 Å². The fourth-order valence-corrected chi connectivity index (χ4v) is 5.13. The van der Waals surface area contributed by atoms with Gasteiger partial charge in [0.15, 0.2) is 23.0 Å². The van der Waals surface area contributed by atoms with Gasteiger partial charge in [-0.1, -0.05) is 36.4 Å². The molecule has 0 spiro atoms. The van der Waals surface area contributed by atoms with Crippen molar-refractivity contribution in [1.29, 1.82) is 0 Å². The Kier molecular flexibility index (Phi) is 14.9. The maximum atomic E-state index is 12.4. The number of pyridine rings is 1. The second kappa shape index (κ2) is 19.0. The van der Waals surface area contributed by atoms with E-state index in [4.69, 9.17) is 28.4 Å². The summed E-state index contributed by atoms with van der Waals surface area (Å²) in [4.78, 5) is 17.0. The molecule has 0 radical (unpaired) electrons. The predicted molar refractivity (Wildman–Crippen MR) is 194 cm³/mol. The lowest BCUT2D eigenvalue weighted by Gasteiger charge is -2.15. The highest BCUT2D eigenvalue weighted by Gasteiger charge is 2.20. The number of carbonyl (C=O) groups excluding carboxylic acids is 1. The summed E-state index contributed by atoms with van der Waals surface area (Å²) >= 11 is 0. The SMILES string of the molecule is CCOc1ccc(Cc2nccc3cc(OCC)c(OCC)cc23)cc1OCC.COc1cc(O)c(C(=O)c2ccccc2)c(OC)c1.Cl. The Morgan fingerprint density at radius 1 is 0.673 bits per heavy atom. The standard InChI is InChI=1S/C24H29NO4.C15H14O4.ClH/c1-5-26-21-10-9-17(14-22(21)27-6-2)13-20-19-16-24(29-8-4)23(28-7-3)15-18(19)11-12-25-20;1-18-11-8-12(16)14(13(9-11)19-2)15(17)10-6-4-3-5-7-10;/h9-12,14-16H,5-8,13H2,1-4H3;3-9,16H,1-2H3;1H. The molecule has 10 heteroatoms. The van der Waals surface area contributed by atoms with Crippen LogP contribution >= 0.6 is 12.4 Å². The molecule has 4 aromatic carbocycles. The number of aromatic nitrogens is 1. The second-order valence-electron chi connectivity index (χ2n) is 10.4. The Hall–Kier alpha value is -5.15. The third-order valence-electron chi connectivity index (χ3n) is 7.26. The Morgan fingerprint density at radius 2 is 1.29 bits per heavy atom. The third kappa shape index (κ3) is 9.70. The van der Waals surface area contributed by atoms with Crippen molar-refractivity contribution < 1.29 is 38.3 Å². The summed E-state index contributed by atoms with van der Waals surface area (Å²) in [6, 6.07) is 23.8. The lowest BCUT2D eigenvalue weighted by atomic mass is 10.0. The van der Waals surface area contributed by atoms with Gasteiger partial charge in [0.25, 0.3) is 0 Å². The van der Waals surface area contributed by atoms with Crippen molar-refractivity contribution in [2.24, 2.45) is 0 Å². The van der Waals surface area contributed by atoms with Crippen LogP contribution in [-0.2, 0) is 6.42 Å². The van der Waals surface area contributed by atoms with Crippen LogP contribution in [0.1, 0.15) is 54.9 Å². The molecule has 5 rings (SSSR count). The average Bonchev–Trinajstić information content (AvgIpc) is 3.10. The molecule has 0 amide bonds. The molecule has 0 fully saturated rings. The number of fused-ring (bicyclic) bond motifs is 1. The fourth-order valence-electron chi connectivity index (χ4n) is 5.13. The number of phenolic OH excluding ortho intramolecular Hbond substituents is 1. The van der Waals surface area contributed by atoms with E-state index in [1.807, 2.05) is 70.3 Å². The van der Waals surface area contributed by atoms with Crippen LogP contribution in [0, 0.1) is 0 Å². The van der Waals surface area contributed by atoms with Gasteiger partial charge in [-0.25, -0.2) is 0 Å². The van der Waals surface area contributed by atoms with Gasteiger partial charge in [-0.15, -0.1) is 12.4 Å². The Morgan fingerprint density at radius 3 is 1.90 bits per heavy atom. The molecule has 1 heterocycles. The van der Waals surface area contributed by atoms with E-state index in [9.17, 15) is 9.90 Å². The number of halogens is 1. The van der Waals surface area contributed by atoms with Crippen LogP contribution in [0.3, 0.4) is 0 Å². The van der Waals surface area contributed by atoms with Gasteiger partial charge in [-0.05, 0) is 69.0 Å².